The van der Waals surface area contributed by atoms with Crippen LogP contribution >= 0.6 is 0 Å². The van der Waals surface area contributed by atoms with Crippen molar-refractivity contribution in [2.75, 3.05) is 38.2 Å². The van der Waals surface area contributed by atoms with Crippen molar-refractivity contribution in [1.82, 2.24) is 4.98 Å². The van der Waals surface area contributed by atoms with E-state index in [1.165, 1.54) is 12.0 Å². The second-order valence-corrected chi connectivity index (χ2v) is 7.34. The number of benzene rings is 1. The Balaban J connectivity index is 1.70. The van der Waals surface area contributed by atoms with Crippen LogP contribution in [0.15, 0.2) is 24.3 Å². The molecule has 1 aromatic heterocycles. The van der Waals surface area contributed by atoms with E-state index in [2.05, 4.69) is 9.88 Å². The van der Waals surface area contributed by atoms with Gasteiger partial charge in [0.15, 0.2) is 6.04 Å². The number of quaternary nitrogens is 1. The molecule has 1 aliphatic rings. The molecular formula is C21H28N3O4+. The number of hydrogen-bond donors (Lipinski definition) is 3. The molecule has 0 bridgehead atoms. The van der Waals surface area contributed by atoms with Crippen molar-refractivity contribution in [2.24, 2.45) is 0 Å². The number of aromatic amines is 1. The Morgan fingerprint density at radius 1 is 1.21 bits per heavy atom. The highest BCUT2D eigenvalue weighted by atomic mass is 16.5. The number of phenolic OH excluding ortho intramolecular Hbond substituents is 1. The van der Waals surface area contributed by atoms with Crippen molar-refractivity contribution in [2.45, 2.75) is 26.8 Å². The summed E-state index contributed by atoms with van der Waals surface area (Å²) in [6, 6.07) is 7.10. The van der Waals surface area contributed by atoms with Gasteiger partial charge in [0.1, 0.15) is 5.75 Å². The summed E-state index contributed by atoms with van der Waals surface area (Å²) in [7, 11) is 1.34. The van der Waals surface area contributed by atoms with Crippen LogP contribution in [0.5, 0.6) is 5.75 Å². The lowest BCUT2D eigenvalue weighted by molar-refractivity contribution is -0.914. The van der Waals surface area contributed by atoms with Crippen LogP contribution in [-0.4, -0.2) is 61.2 Å². The van der Waals surface area contributed by atoms with E-state index < -0.39 is 5.97 Å². The highest BCUT2D eigenvalue weighted by Crippen LogP contribution is 2.26. The topological polar surface area (TPSA) is 87.1 Å². The fourth-order valence-electron chi connectivity index (χ4n) is 4.01. The first kappa shape index (κ1) is 19.9. The molecule has 1 fully saturated rings. The molecule has 1 atom stereocenters. The molecule has 0 amide bonds. The Morgan fingerprint density at radius 3 is 2.46 bits per heavy atom. The SMILES string of the molecule is COC(=O)c1c(C)[nH]c(C(=O)[C@H](C)[NH+]2CCN(c3ccccc3O)CC2)c1C. The Kier molecular flexibility index (Phi) is 5.74. The number of rotatable bonds is 5. The minimum absolute atomic E-state index is 0.00163. The number of H-pyrrole nitrogens is 1. The van der Waals surface area contributed by atoms with E-state index in [1.54, 1.807) is 19.9 Å². The summed E-state index contributed by atoms with van der Waals surface area (Å²) in [5, 5.41) is 10.1. The molecule has 0 saturated carbocycles. The number of hydrogen-bond acceptors (Lipinski definition) is 5. The fraction of sp³-hybridized carbons (Fsp3) is 0.429. The van der Waals surface area contributed by atoms with E-state index in [1.807, 2.05) is 25.1 Å². The van der Waals surface area contributed by atoms with E-state index in [4.69, 9.17) is 4.74 Å². The third kappa shape index (κ3) is 3.62. The van der Waals surface area contributed by atoms with Gasteiger partial charge in [-0.2, -0.15) is 0 Å². The maximum Gasteiger partial charge on any atom is 0.339 e. The van der Waals surface area contributed by atoms with Crippen molar-refractivity contribution in [3.63, 3.8) is 0 Å². The molecule has 0 aliphatic carbocycles. The number of methoxy groups -OCH3 is 1. The highest BCUT2D eigenvalue weighted by Gasteiger charge is 2.33. The number of para-hydroxylation sites is 2. The highest BCUT2D eigenvalue weighted by molar-refractivity contribution is 6.03. The van der Waals surface area contributed by atoms with Gasteiger partial charge in [-0.05, 0) is 38.5 Å². The number of anilines is 1. The lowest BCUT2D eigenvalue weighted by Gasteiger charge is -2.36. The van der Waals surface area contributed by atoms with Gasteiger partial charge < -0.3 is 24.6 Å². The summed E-state index contributed by atoms with van der Waals surface area (Å²) in [5.41, 5.74) is 3.06. The van der Waals surface area contributed by atoms with Crippen molar-refractivity contribution in [3.8, 4) is 5.75 Å². The summed E-state index contributed by atoms with van der Waals surface area (Å²) in [5.74, 6) is -0.147. The van der Waals surface area contributed by atoms with E-state index in [0.29, 0.717) is 22.5 Å². The second kappa shape index (κ2) is 8.06. The number of esters is 1. The molecule has 2 heterocycles. The first-order valence-corrected chi connectivity index (χ1v) is 9.54. The van der Waals surface area contributed by atoms with E-state index >= 15 is 0 Å². The number of ketones is 1. The number of nitrogens with one attached hydrogen (secondary N) is 2. The lowest BCUT2D eigenvalue weighted by Crippen LogP contribution is -3.18. The molecule has 2 aromatic rings. The van der Waals surface area contributed by atoms with Gasteiger partial charge in [-0.1, -0.05) is 12.1 Å². The third-order valence-corrected chi connectivity index (χ3v) is 5.71. The summed E-state index contributed by atoms with van der Waals surface area (Å²) in [6.07, 6.45) is 0. The van der Waals surface area contributed by atoms with Crippen LogP contribution in [0.3, 0.4) is 0 Å². The van der Waals surface area contributed by atoms with E-state index in [9.17, 15) is 14.7 Å². The van der Waals surface area contributed by atoms with Gasteiger partial charge in [0.05, 0.1) is 50.2 Å². The van der Waals surface area contributed by atoms with Crippen LogP contribution < -0.4 is 9.80 Å². The van der Waals surface area contributed by atoms with Gasteiger partial charge in [-0.25, -0.2) is 4.79 Å². The molecule has 1 saturated heterocycles. The second-order valence-electron chi connectivity index (χ2n) is 7.34. The fourth-order valence-corrected chi connectivity index (χ4v) is 4.01. The van der Waals surface area contributed by atoms with Crippen LogP contribution in [0.1, 0.15) is 39.0 Å². The normalized spacial score (nSPS) is 16.1. The molecule has 7 heteroatoms. The lowest BCUT2D eigenvalue weighted by atomic mass is 10.0. The minimum Gasteiger partial charge on any atom is -0.506 e. The molecule has 0 spiro atoms. The monoisotopic (exact) mass is 386 g/mol. The average Bonchev–Trinajstić information content (AvgIpc) is 3.01. The number of phenols is 1. The summed E-state index contributed by atoms with van der Waals surface area (Å²) >= 11 is 0. The number of carbonyl (C=O) groups is 2. The summed E-state index contributed by atoms with van der Waals surface area (Å²) in [4.78, 5) is 31.5. The summed E-state index contributed by atoms with van der Waals surface area (Å²) < 4.78 is 4.83. The number of ether oxygens (including phenoxy) is 1. The smallest absolute Gasteiger partial charge is 0.339 e. The molecule has 1 aliphatic heterocycles. The molecular weight excluding hydrogens is 358 g/mol. The maximum atomic E-state index is 13.1. The first-order valence-electron chi connectivity index (χ1n) is 9.54. The average molecular weight is 386 g/mol. The van der Waals surface area contributed by atoms with Crippen molar-refractivity contribution >= 4 is 17.4 Å². The van der Waals surface area contributed by atoms with Gasteiger partial charge in [0, 0.05) is 5.69 Å². The zero-order valence-corrected chi connectivity index (χ0v) is 16.8. The molecule has 1 aromatic carbocycles. The number of piperazine rings is 1. The largest absolute Gasteiger partial charge is 0.506 e. The predicted octanol–water partition coefficient (Wildman–Crippen LogP) is 1.10. The van der Waals surface area contributed by atoms with Gasteiger partial charge >= 0.3 is 5.97 Å². The van der Waals surface area contributed by atoms with Crippen LogP contribution in [-0.2, 0) is 4.74 Å². The standard InChI is InChI=1S/C21H27N3O4/c1-13-18(21(27)28-4)14(2)22-19(13)20(26)15(3)23-9-11-24(12-10-23)16-7-5-6-8-17(16)25/h5-8,15,22,25H,9-12H2,1-4H3/p+1/t15-/m0/s1. The van der Waals surface area contributed by atoms with Gasteiger partial charge in [-0.15, -0.1) is 0 Å². The van der Waals surface area contributed by atoms with Crippen LogP contribution in [0.25, 0.3) is 0 Å². The van der Waals surface area contributed by atoms with Gasteiger partial charge in [-0.3, -0.25) is 4.79 Å². The van der Waals surface area contributed by atoms with E-state index in [-0.39, 0.29) is 17.6 Å². The van der Waals surface area contributed by atoms with Crippen molar-refractivity contribution in [3.05, 3.63) is 46.8 Å². The maximum absolute atomic E-state index is 13.1. The minimum atomic E-state index is -0.429. The molecule has 3 rings (SSSR count). The van der Waals surface area contributed by atoms with Crippen LogP contribution in [0, 0.1) is 13.8 Å². The Labute approximate surface area is 164 Å². The van der Waals surface area contributed by atoms with Gasteiger partial charge in [0.2, 0.25) is 5.78 Å². The quantitative estimate of drug-likeness (QED) is 0.529. The molecule has 0 radical (unpaired) electrons. The molecule has 0 unspecified atom stereocenters. The molecule has 7 nitrogen and oxygen atoms in total. The Morgan fingerprint density at radius 2 is 1.86 bits per heavy atom. The van der Waals surface area contributed by atoms with Crippen molar-refractivity contribution in [1.29, 1.82) is 0 Å². The Hall–Kier alpha value is -2.80. The third-order valence-electron chi connectivity index (χ3n) is 5.71. The zero-order chi connectivity index (χ0) is 20.4. The number of aryl methyl sites for hydroxylation is 1. The first-order chi connectivity index (χ1) is 13.3. The number of Topliss-reactive ketones (excluding diaryl/α,β-unsaturated/α-hetero) is 1. The zero-order valence-electron chi connectivity index (χ0n) is 16.8. The van der Waals surface area contributed by atoms with Crippen LogP contribution in [0.4, 0.5) is 5.69 Å². The van der Waals surface area contributed by atoms with Crippen molar-refractivity contribution < 1.29 is 24.3 Å². The van der Waals surface area contributed by atoms with E-state index in [0.717, 1.165) is 31.9 Å². The molecule has 28 heavy (non-hydrogen) atoms. The molecule has 150 valence electrons. The molecule has 3 N–H and O–H groups in total. The number of carbonyl (C=O) groups excluding carboxylic acids is 2. The predicted molar refractivity (Wildman–Crippen MR) is 106 cm³/mol. The number of aromatic hydroxyl groups is 1. The van der Waals surface area contributed by atoms with Crippen LogP contribution in [0.2, 0.25) is 0 Å². The number of nitrogens with zero attached hydrogens (tertiary/aromatic N) is 1. The number of aromatic nitrogens is 1. The summed E-state index contributed by atoms with van der Waals surface area (Å²) in [6.45, 7) is 8.61. The Bertz CT molecular complexity index is 882. The van der Waals surface area contributed by atoms with Gasteiger partial charge in [0.25, 0.3) is 0 Å².